The lowest BCUT2D eigenvalue weighted by Gasteiger charge is -2.35. The normalized spacial score (nSPS) is 16.9. The van der Waals surface area contributed by atoms with Gasteiger partial charge in [-0.15, -0.1) is 0 Å². The van der Waals surface area contributed by atoms with E-state index in [1.165, 1.54) is 14.2 Å². The second-order valence-electron chi connectivity index (χ2n) is 4.43. The number of benzene rings is 1. The Bertz CT molecular complexity index is 545. The Morgan fingerprint density at radius 1 is 1.25 bits per heavy atom. The van der Waals surface area contributed by atoms with Crippen LogP contribution >= 0.6 is 0 Å². The Labute approximate surface area is 118 Å². The summed E-state index contributed by atoms with van der Waals surface area (Å²) in [5.41, 5.74) is 7.64. The van der Waals surface area contributed by atoms with E-state index in [1.807, 2.05) is 36.4 Å². The first-order valence-electron chi connectivity index (χ1n) is 6.25. The molecule has 0 aliphatic carbocycles. The van der Waals surface area contributed by atoms with Gasteiger partial charge in [-0.3, -0.25) is 4.79 Å². The van der Waals surface area contributed by atoms with Crippen molar-refractivity contribution in [2.24, 2.45) is 5.73 Å². The van der Waals surface area contributed by atoms with Crippen LogP contribution < -0.4 is 11.1 Å². The first-order chi connectivity index (χ1) is 9.63. The lowest BCUT2D eigenvalue weighted by molar-refractivity contribution is -0.195. The summed E-state index contributed by atoms with van der Waals surface area (Å²) in [6, 6.07) is 9.82. The van der Waals surface area contributed by atoms with E-state index >= 15 is 0 Å². The molecule has 1 heterocycles. The molecule has 20 heavy (non-hydrogen) atoms. The van der Waals surface area contributed by atoms with E-state index in [4.69, 9.17) is 15.2 Å². The van der Waals surface area contributed by atoms with Gasteiger partial charge in [0.05, 0.1) is 0 Å². The van der Waals surface area contributed by atoms with Gasteiger partial charge < -0.3 is 20.5 Å². The van der Waals surface area contributed by atoms with Gasteiger partial charge in [0.25, 0.3) is 11.8 Å². The predicted molar refractivity (Wildman–Crippen MR) is 75.4 cm³/mol. The fourth-order valence-corrected chi connectivity index (χ4v) is 2.31. The van der Waals surface area contributed by atoms with Gasteiger partial charge in [-0.05, 0) is 23.6 Å². The summed E-state index contributed by atoms with van der Waals surface area (Å²) in [6.45, 7) is 0. The van der Waals surface area contributed by atoms with Crippen molar-refractivity contribution >= 4 is 5.91 Å². The summed E-state index contributed by atoms with van der Waals surface area (Å²) in [5, 5.41) is 2.90. The zero-order valence-electron chi connectivity index (χ0n) is 11.6. The monoisotopic (exact) mass is 274 g/mol. The van der Waals surface area contributed by atoms with E-state index in [1.54, 1.807) is 6.20 Å². The van der Waals surface area contributed by atoms with E-state index in [9.17, 15) is 4.79 Å². The highest BCUT2D eigenvalue weighted by Crippen LogP contribution is 2.28. The van der Waals surface area contributed by atoms with Crippen molar-refractivity contribution < 1.29 is 14.3 Å². The molecular formula is C15H18N2O3. The van der Waals surface area contributed by atoms with E-state index in [2.05, 4.69) is 5.32 Å². The number of rotatable bonds is 5. The standard InChI is InChI=1S/C15H18N2O3/c1-19-15(20-2)13(14(16)18)12(8-9-17-15)10-11-6-4-3-5-7-11/h3-9,17H,10H2,1-2H3,(H2,16,18). The van der Waals surface area contributed by atoms with Crippen LogP contribution in [-0.4, -0.2) is 26.0 Å². The van der Waals surface area contributed by atoms with Crippen LogP contribution in [0.15, 0.2) is 53.8 Å². The van der Waals surface area contributed by atoms with Crippen LogP contribution in [-0.2, 0) is 20.7 Å². The largest absolute Gasteiger partial charge is 0.366 e. The van der Waals surface area contributed by atoms with Crippen LogP contribution in [0.2, 0.25) is 0 Å². The average Bonchev–Trinajstić information content (AvgIpc) is 2.47. The van der Waals surface area contributed by atoms with Gasteiger partial charge in [-0.1, -0.05) is 30.3 Å². The van der Waals surface area contributed by atoms with Crippen molar-refractivity contribution in [2.75, 3.05) is 14.2 Å². The number of hydrogen-bond acceptors (Lipinski definition) is 4. The topological polar surface area (TPSA) is 73.6 Å². The number of carbonyl (C=O) groups is 1. The zero-order valence-corrected chi connectivity index (χ0v) is 11.6. The molecule has 5 nitrogen and oxygen atoms in total. The molecule has 3 N–H and O–H groups in total. The third-order valence-corrected chi connectivity index (χ3v) is 3.27. The molecule has 2 rings (SSSR count). The third kappa shape index (κ3) is 2.59. The highest BCUT2D eigenvalue weighted by Gasteiger charge is 2.40. The molecule has 0 saturated carbocycles. The van der Waals surface area contributed by atoms with E-state index in [-0.39, 0.29) is 5.57 Å². The number of allylic oxidation sites excluding steroid dienone is 2. The summed E-state index contributed by atoms with van der Waals surface area (Å²) in [6.07, 6.45) is 4.08. The zero-order chi connectivity index (χ0) is 14.6. The number of hydrogen-bond donors (Lipinski definition) is 2. The van der Waals surface area contributed by atoms with Crippen molar-refractivity contribution in [1.29, 1.82) is 0 Å². The molecule has 0 spiro atoms. The van der Waals surface area contributed by atoms with Crippen molar-refractivity contribution in [1.82, 2.24) is 5.32 Å². The molecule has 1 amide bonds. The molecule has 0 radical (unpaired) electrons. The van der Waals surface area contributed by atoms with Crippen LogP contribution in [0.25, 0.3) is 0 Å². The first kappa shape index (κ1) is 14.3. The van der Waals surface area contributed by atoms with Crippen LogP contribution in [0, 0.1) is 0 Å². The van der Waals surface area contributed by atoms with Gasteiger partial charge in [0.15, 0.2) is 0 Å². The van der Waals surface area contributed by atoms with Crippen LogP contribution in [0.1, 0.15) is 5.56 Å². The van der Waals surface area contributed by atoms with Gasteiger partial charge in [-0.25, -0.2) is 0 Å². The second kappa shape index (κ2) is 5.90. The van der Waals surface area contributed by atoms with Crippen molar-refractivity contribution in [3.05, 3.63) is 59.3 Å². The third-order valence-electron chi connectivity index (χ3n) is 3.27. The number of methoxy groups -OCH3 is 2. The highest BCUT2D eigenvalue weighted by molar-refractivity contribution is 5.95. The Morgan fingerprint density at radius 3 is 2.45 bits per heavy atom. The molecule has 1 aromatic carbocycles. The molecule has 0 saturated heterocycles. The minimum atomic E-state index is -1.33. The van der Waals surface area contributed by atoms with E-state index in [0.717, 1.165) is 11.1 Å². The van der Waals surface area contributed by atoms with Crippen molar-refractivity contribution in [2.45, 2.75) is 12.3 Å². The summed E-state index contributed by atoms with van der Waals surface area (Å²) in [7, 11) is 2.91. The minimum Gasteiger partial charge on any atom is -0.366 e. The number of dihydropyridines is 1. The van der Waals surface area contributed by atoms with Crippen molar-refractivity contribution in [3.63, 3.8) is 0 Å². The minimum absolute atomic E-state index is 0.286. The maximum Gasteiger partial charge on any atom is 0.282 e. The Hall–Kier alpha value is -2.11. The fraction of sp³-hybridized carbons (Fsp3) is 0.267. The molecule has 0 unspecified atom stereocenters. The molecule has 1 aliphatic rings. The van der Waals surface area contributed by atoms with Gasteiger partial charge >= 0.3 is 0 Å². The summed E-state index contributed by atoms with van der Waals surface area (Å²) in [5.74, 6) is -1.90. The summed E-state index contributed by atoms with van der Waals surface area (Å²) in [4.78, 5) is 11.8. The van der Waals surface area contributed by atoms with Crippen molar-refractivity contribution in [3.8, 4) is 0 Å². The lowest BCUT2D eigenvalue weighted by atomic mass is 9.95. The number of nitrogens with two attached hydrogens (primary N) is 1. The van der Waals surface area contributed by atoms with Gasteiger partial charge in [-0.2, -0.15) is 0 Å². The lowest BCUT2D eigenvalue weighted by Crippen LogP contribution is -2.53. The highest BCUT2D eigenvalue weighted by atomic mass is 16.7. The maximum atomic E-state index is 11.8. The van der Waals surface area contributed by atoms with Crippen LogP contribution in [0.5, 0.6) is 0 Å². The smallest absolute Gasteiger partial charge is 0.282 e. The summed E-state index contributed by atoms with van der Waals surface area (Å²) >= 11 is 0. The number of ether oxygens (including phenoxy) is 2. The molecule has 106 valence electrons. The molecule has 5 heteroatoms. The molecule has 0 aromatic heterocycles. The number of nitrogens with one attached hydrogen (secondary N) is 1. The number of carbonyl (C=O) groups excluding carboxylic acids is 1. The summed E-state index contributed by atoms with van der Waals surface area (Å²) < 4.78 is 10.7. The van der Waals surface area contributed by atoms with Gasteiger partial charge in [0.2, 0.25) is 0 Å². The quantitative estimate of drug-likeness (QED) is 0.788. The van der Waals surface area contributed by atoms with Crippen LogP contribution in [0.4, 0.5) is 0 Å². The van der Waals surface area contributed by atoms with Gasteiger partial charge in [0.1, 0.15) is 5.57 Å². The predicted octanol–water partition coefficient (Wildman–Crippen LogP) is 1.07. The SMILES string of the molecule is COC1(OC)NC=CC(Cc2ccccc2)=C1C(N)=O. The molecular weight excluding hydrogens is 256 g/mol. The van der Waals surface area contributed by atoms with E-state index in [0.29, 0.717) is 6.42 Å². The maximum absolute atomic E-state index is 11.8. The molecule has 1 aromatic rings. The number of amides is 1. The van der Waals surface area contributed by atoms with E-state index < -0.39 is 11.8 Å². The first-order valence-corrected chi connectivity index (χ1v) is 6.25. The molecule has 0 bridgehead atoms. The Balaban J connectivity index is 2.45. The van der Waals surface area contributed by atoms with Gasteiger partial charge in [0, 0.05) is 20.4 Å². The second-order valence-corrected chi connectivity index (χ2v) is 4.43. The van der Waals surface area contributed by atoms with Crippen LogP contribution in [0.3, 0.4) is 0 Å². The fourth-order valence-electron chi connectivity index (χ4n) is 2.31. The number of primary amides is 1. The molecule has 0 atom stereocenters. The Morgan fingerprint density at radius 2 is 1.90 bits per heavy atom. The molecule has 1 aliphatic heterocycles. The Kier molecular flexibility index (Phi) is 4.22. The average molecular weight is 274 g/mol. The molecule has 0 fully saturated rings.